The number of rotatable bonds is 3. The summed E-state index contributed by atoms with van der Waals surface area (Å²) in [6, 6.07) is 0. The van der Waals surface area contributed by atoms with Gasteiger partial charge >= 0.3 is 0 Å². The lowest BCUT2D eigenvalue weighted by Gasteiger charge is -2.03. The van der Waals surface area contributed by atoms with E-state index in [2.05, 4.69) is 30.7 Å². The van der Waals surface area contributed by atoms with Crippen LogP contribution in [0.1, 0.15) is 5.82 Å². The molecule has 2 aromatic rings. The molecule has 0 aliphatic carbocycles. The number of aromatic amines is 2. The highest BCUT2D eigenvalue weighted by molar-refractivity contribution is 6.32. The quantitative estimate of drug-likeness (QED) is 0.692. The lowest BCUT2D eigenvalue weighted by atomic mass is 10.4. The van der Waals surface area contributed by atoms with Gasteiger partial charge in [-0.1, -0.05) is 11.6 Å². The highest BCUT2D eigenvalue weighted by atomic mass is 35.5. The van der Waals surface area contributed by atoms with E-state index in [0.29, 0.717) is 18.1 Å². The molecule has 0 saturated carbocycles. The van der Waals surface area contributed by atoms with Crippen molar-refractivity contribution in [2.24, 2.45) is 0 Å². The van der Waals surface area contributed by atoms with Crippen LogP contribution >= 0.6 is 11.6 Å². The molecule has 2 rings (SSSR count). The number of halogens is 1. The van der Waals surface area contributed by atoms with Crippen molar-refractivity contribution in [1.29, 1.82) is 0 Å². The van der Waals surface area contributed by atoms with E-state index in [1.54, 1.807) is 0 Å². The number of anilines is 1. The molecule has 0 radical (unpaired) electrons. The average Bonchev–Trinajstić information content (AvgIpc) is 2.73. The lowest BCUT2D eigenvalue weighted by Crippen LogP contribution is -2.12. The van der Waals surface area contributed by atoms with Crippen LogP contribution in [0.3, 0.4) is 0 Å². The van der Waals surface area contributed by atoms with E-state index >= 15 is 0 Å². The summed E-state index contributed by atoms with van der Waals surface area (Å²) in [5, 5.41) is 15.2. The van der Waals surface area contributed by atoms with E-state index in [0.717, 1.165) is 0 Å². The largest absolute Gasteiger partial charge is 0.375 e. The van der Waals surface area contributed by atoms with Crippen LogP contribution in [0.2, 0.25) is 5.02 Å². The van der Waals surface area contributed by atoms with Gasteiger partial charge in [-0.3, -0.25) is 9.89 Å². The van der Waals surface area contributed by atoms with Gasteiger partial charge in [-0.2, -0.15) is 10.2 Å². The van der Waals surface area contributed by atoms with Gasteiger partial charge in [-0.25, -0.2) is 10.1 Å². The number of hydrogen-bond donors (Lipinski definition) is 3. The van der Waals surface area contributed by atoms with Crippen molar-refractivity contribution in [2.45, 2.75) is 6.54 Å². The maximum Gasteiger partial charge on any atom is 0.285 e. The zero-order chi connectivity index (χ0) is 10.7. The highest BCUT2D eigenvalue weighted by Crippen LogP contribution is 2.14. The fraction of sp³-hybridized carbons (Fsp3) is 0.143. The van der Waals surface area contributed by atoms with Gasteiger partial charge in [0.15, 0.2) is 0 Å². The lowest BCUT2D eigenvalue weighted by molar-refractivity contribution is 0.940. The number of aromatic nitrogens is 5. The normalized spacial score (nSPS) is 10.2. The van der Waals surface area contributed by atoms with E-state index in [1.807, 2.05) is 0 Å². The Labute approximate surface area is 88.9 Å². The van der Waals surface area contributed by atoms with Crippen LogP contribution in [0.25, 0.3) is 0 Å². The minimum atomic E-state index is -0.431. The van der Waals surface area contributed by atoms with Crippen molar-refractivity contribution in [3.8, 4) is 0 Å². The summed E-state index contributed by atoms with van der Waals surface area (Å²) in [4.78, 5) is 15.0. The monoisotopic (exact) mass is 226 g/mol. The zero-order valence-electron chi connectivity index (χ0n) is 7.49. The Balaban J connectivity index is 2.12. The Morgan fingerprint density at radius 1 is 1.40 bits per heavy atom. The third-order valence-electron chi connectivity index (χ3n) is 1.71. The molecule has 2 heterocycles. The van der Waals surface area contributed by atoms with E-state index in [4.69, 9.17) is 11.6 Å². The van der Waals surface area contributed by atoms with Crippen LogP contribution in [0.15, 0.2) is 17.3 Å². The molecular weight excluding hydrogens is 220 g/mol. The summed E-state index contributed by atoms with van der Waals surface area (Å²) in [6.07, 6.45) is 2.83. The summed E-state index contributed by atoms with van der Waals surface area (Å²) in [5.74, 6) is 0.645. The van der Waals surface area contributed by atoms with Crippen molar-refractivity contribution >= 4 is 17.3 Å². The molecule has 0 aliphatic heterocycles. The van der Waals surface area contributed by atoms with Crippen LogP contribution < -0.4 is 10.9 Å². The molecule has 7 nitrogen and oxygen atoms in total. The smallest absolute Gasteiger partial charge is 0.285 e. The summed E-state index contributed by atoms with van der Waals surface area (Å²) < 4.78 is 0. The van der Waals surface area contributed by atoms with Crippen LogP contribution in [-0.2, 0) is 6.54 Å². The maximum absolute atomic E-state index is 11.1. The summed E-state index contributed by atoms with van der Waals surface area (Å²) in [5.41, 5.74) is 0.0241. The molecule has 0 bridgehead atoms. The number of nitrogens with zero attached hydrogens (tertiary/aromatic N) is 3. The van der Waals surface area contributed by atoms with E-state index in [-0.39, 0.29) is 5.02 Å². The van der Waals surface area contributed by atoms with Gasteiger partial charge in [0.05, 0.1) is 18.4 Å². The number of H-pyrrole nitrogens is 2. The predicted molar refractivity (Wildman–Crippen MR) is 53.6 cm³/mol. The molecule has 8 heteroatoms. The van der Waals surface area contributed by atoms with Crippen LogP contribution in [-0.4, -0.2) is 25.4 Å². The van der Waals surface area contributed by atoms with E-state index in [9.17, 15) is 4.79 Å². The molecule has 3 N–H and O–H groups in total. The first-order valence-corrected chi connectivity index (χ1v) is 4.46. The van der Waals surface area contributed by atoms with Crippen molar-refractivity contribution in [1.82, 2.24) is 25.4 Å². The summed E-state index contributed by atoms with van der Waals surface area (Å²) in [7, 11) is 0. The summed E-state index contributed by atoms with van der Waals surface area (Å²) in [6.45, 7) is 0.394. The van der Waals surface area contributed by atoms with Gasteiger partial charge in [-0.15, -0.1) is 0 Å². The first-order valence-electron chi connectivity index (χ1n) is 4.08. The molecule has 0 unspecified atom stereocenters. The molecule has 78 valence electrons. The Hall–Kier alpha value is -1.89. The van der Waals surface area contributed by atoms with Crippen LogP contribution in [0, 0.1) is 0 Å². The molecule has 0 spiro atoms. The Kier molecular flexibility index (Phi) is 2.64. The number of nitrogens with one attached hydrogen (secondary N) is 3. The highest BCUT2D eigenvalue weighted by Gasteiger charge is 2.04. The minimum absolute atomic E-state index is 0.0736. The zero-order valence-corrected chi connectivity index (χ0v) is 8.25. The average molecular weight is 227 g/mol. The topological polar surface area (TPSA) is 99.3 Å². The van der Waals surface area contributed by atoms with Crippen LogP contribution in [0.5, 0.6) is 0 Å². The fourth-order valence-electron chi connectivity index (χ4n) is 1.00. The molecule has 0 saturated heterocycles. The van der Waals surface area contributed by atoms with Gasteiger partial charge in [0.25, 0.3) is 5.56 Å². The Bertz CT molecular complexity index is 492. The standard InChI is InChI=1S/C7H7ClN6O/c8-6-4(1-11-14-7(6)15)9-2-5-10-3-12-13-5/h1,3H,2H2,(H2,9,14,15)(H,10,12,13). The van der Waals surface area contributed by atoms with Crippen LogP contribution in [0.4, 0.5) is 5.69 Å². The van der Waals surface area contributed by atoms with Gasteiger partial charge in [-0.05, 0) is 0 Å². The van der Waals surface area contributed by atoms with Crippen molar-refractivity contribution in [3.63, 3.8) is 0 Å². The predicted octanol–water partition coefficient (Wildman–Crippen LogP) is 0.153. The second-order valence-corrected chi connectivity index (χ2v) is 3.09. The fourth-order valence-corrected chi connectivity index (χ4v) is 1.16. The van der Waals surface area contributed by atoms with Crippen molar-refractivity contribution < 1.29 is 0 Å². The van der Waals surface area contributed by atoms with E-state index in [1.165, 1.54) is 12.5 Å². The molecule has 0 aromatic carbocycles. The second kappa shape index (κ2) is 4.09. The van der Waals surface area contributed by atoms with Gasteiger partial charge in [0.1, 0.15) is 17.2 Å². The van der Waals surface area contributed by atoms with Gasteiger partial charge < -0.3 is 5.32 Å². The molecule has 0 amide bonds. The Morgan fingerprint density at radius 2 is 2.27 bits per heavy atom. The Morgan fingerprint density at radius 3 is 3.00 bits per heavy atom. The van der Waals surface area contributed by atoms with Gasteiger partial charge in [0.2, 0.25) is 0 Å². The molecule has 2 aromatic heterocycles. The third-order valence-corrected chi connectivity index (χ3v) is 2.08. The molecular formula is C7H7ClN6O. The van der Waals surface area contributed by atoms with E-state index < -0.39 is 5.56 Å². The molecule has 15 heavy (non-hydrogen) atoms. The molecule has 0 atom stereocenters. The maximum atomic E-state index is 11.1. The number of hydrogen-bond acceptors (Lipinski definition) is 5. The van der Waals surface area contributed by atoms with Crippen molar-refractivity contribution in [2.75, 3.05) is 5.32 Å². The molecule has 0 fully saturated rings. The first-order chi connectivity index (χ1) is 7.27. The molecule has 0 aliphatic rings. The second-order valence-electron chi connectivity index (χ2n) is 2.71. The van der Waals surface area contributed by atoms with Gasteiger partial charge in [0, 0.05) is 0 Å². The SMILES string of the molecule is O=c1[nH]ncc(NCc2ncn[nH]2)c1Cl. The van der Waals surface area contributed by atoms with Crippen molar-refractivity contribution in [3.05, 3.63) is 33.7 Å². The third kappa shape index (κ3) is 2.13. The minimum Gasteiger partial charge on any atom is -0.375 e. The first kappa shape index (κ1) is 9.66. The summed E-state index contributed by atoms with van der Waals surface area (Å²) >= 11 is 5.74.